The molecule has 2 N–H and O–H groups in total. The van der Waals surface area contributed by atoms with Crippen LogP contribution in [0.4, 0.5) is 11.5 Å². The van der Waals surface area contributed by atoms with Crippen LogP contribution in [0.25, 0.3) is 0 Å². The first-order chi connectivity index (χ1) is 13.0. The summed E-state index contributed by atoms with van der Waals surface area (Å²) < 4.78 is 5.14. The number of amides is 1. The van der Waals surface area contributed by atoms with Gasteiger partial charge >= 0.3 is 0 Å². The summed E-state index contributed by atoms with van der Waals surface area (Å²) in [5, 5.41) is 14.2. The van der Waals surface area contributed by atoms with Crippen molar-refractivity contribution in [2.45, 2.75) is 20.4 Å². The minimum absolute atomic E-state index is 0.269. The molecule has 0 radical (unpaired) electrons. The number of nitrogens with zero attached hydrogens (tertiary/aromatic N) is 2. The van der Waals surface area contributed by atoms with E-state index >= 15 is 0 Å². The van der Waals surface area contributed by atoms with Gasteiger partial charge in [-0.25, -0.2) is 0 Å². The Hall–Kier alpha value is -3.41. The maximum atomic E-state index is 12.4. The van der Waals surface area contributed by atoms with Crippen molar-refractivity contribution in [3.63, 3.8) is 0 Å². The van der Waals surface area contributed by atoms with Crippen molar-refractivity contribution in [1.29, 1.82) is 0 Å². The van der Waals surface area contributed by atoms with Crippen molar-refractivity contribution >= 4 is 17.4 Å². The van der Waals surface area contributed by atoms with E-state index in [-0.39, 0.29) is 11.6 Å². The Labute approximate surface area is 158 Å². The Morgan fingerprint density at radius 2 is 1.78 bits per heavy atom. The first-order valence-corrected chi connectivity index (χ1v) is 8.64. The van der Waals surface area contributed by atoms with Crippen LogP contribution in [-0.2, 0) is 6.54 Å². The zero-order valence-corrected chi connectivity index (χ0v) is 15.6. The van der Waals surface area contributed by atoms with Crippen LogP contribution in [0.3, 0.4) is 0 Å². The van der Waals surface area contributed by atoms with Crippen molar-refractivity contribution in [1.82, 2.24) is 10.2 Å². The van der Waals surface area contributed by atoms with E-state index in [2.05, 4.69) is 20.8 Å². The number of anilines is 2. The van der Waals surface area contributed by atoms with Gasteiger partial charge in [0, 0.05) is 12.2 Å². The lowest BCUT2D eigenvalue weighted by molar-refractivity contribution is 0.102. The molecule has 0 aliphatic rings. The maximum Gasteiger partial charge on any atom is 0.276 e. The van der Waals surface area contributed by atoms with E-state index in [9.17, 15) is 4.79 Å². The smallest absolute Gasteiger partial charge is 0.276 e. The van der Waals surface area contributed by atoms with Gasteiger partial charge in [-0.3, -0.25) is 4.79 Å². The van der Waals surface area contributed by atoms with Crippen molar-refractivity contribution in [3.05, 3.63) is 77.0 Å². The van der Waals surface area contributed by atoms with Crippen LogP contribution in [0.1, 0.15) is 27.2 Å². The largest absolute Gasteiger partial charge is 0.497 e. The molecule has 138 valence electrons. The summed E-state index contributed by atoms with van der Waals surface area (Å²) in [6.45, 7) is 4.54. The number of aryl methyl sites for hydroxylation is 2. The molecule has 3 rings (SSSR count). The molecule has 0 atom stereocenters. The summed E-state index contributed by atoms with van der Waals surface area (Å²) in [6, 6.07) is 17.1. The van der Waals surface area contributed by atoms with Gasteiger partial charge in [0.15, 0.2) is 5.69 Å². The van der Waals surface area contributed by atoms with Crippen LogP contribution >= 0.6 is 0 Å². The average molecular weight is 362 g/mol. The number of carbonyl (C=O) groups is 1. The first-order valence-electron chi connectivity index (χ1n) is 8.64. The highest BCUT2D eigenvalue weighted by Crippen LogP contribution is 2.17. The SMILES string of the molecule is COc1ccc(CNc2ccc(C(=O)Nc3cc(C)ccc3C)nn2)cc1. The Bertz CT molecular complexity index is 922. The van der Waals surface area contributed by atoms with E-state index in [0.29, 0.717) is 12.4 Å². The number of aromatic nitrogens is 2. The Morgan fingerprint density at radius 3 is 2.44 bits per heavy atom. The predicted molar refractivity (Wildman–Crippen MR) is 106 cm³/mol. The summed E-state index contributed by atoms with van der Waals surface area (Å²) in [7, 11) is 1.64. The molecule has 0 unspecified atom stereocenters. The summed E-state index contributed by atoms with van der Waals surface area (Å²) in [5.41, 5.74) is 4.23. The standard InChI is InChI=1S/C21H22N4O2/c1-14-4-5-15(2)19(12-14)23-21(26)18-10-11-20(25-24-18)22-13-16-6-8-17(27-3)9-7-16/h4-12H,13H2,1-3H3,(H,22,25)(H,23,26). The number of benzene rings is 2. The van der Waals surface area contributed by atoms with Crippen molar-refractivity contribution in [2.24, 2.45) is 0 Å². The van der Waals surface area contributed by atoms with E-state index in [1.165, 1.54) is 0 Å². The lowest BCUT2D eigenvalue weighted by atomic mass is 10.1. The normalized spacial score (nSPS) is 10.3. The van der Waals surface area contributed by atoms with Gasteiger partial charge in [-0.15, -0.1) is 10.2 Å². The monoisotopic (exact) mass is 362 g/mol. The quantitative estimate of drug-likeness (QED) is 0.694. The first kappa shape index (κ1) is 18.4. The van der Waals surface area contributed by atoms with Gasteiger partial charge in [0.1, 0.15) is 11.6 Å². The fraction of sp³-hybridized carbons (Fsp3) is 0.190. The Morgan fingerprint density at radius 1 is 1.00 bits per heavy atom. The molecule has 0 fully saturated rings. The van der Waals surface area contributed by atoms with Gasteiger partial charge < -0.3 is 15.4 Å². The Balaban J connectivity index is 1.60. The highest BCUT2D eigenvalue weighted by Gasteiger charge is 2.10. The van der Waals surface area contributed by atoms with E-state index < -0.39 is 0 Å². The number of carbonyl (C=O) groups excluding carboxylic acids is 1. The van der Waals surface area contributed by atoms with Gasteiger partial charge in [0.25, 0.3) is 5.91 Å². The highest BCUT2D eigenvalue weighted by molar-refractivity contribution is 6.03. The van der Waals surface area contributed by atoms with Crippen LogP contribution in [0.15, 0.2) is 54.6 Å². The van der Waals surface area contributed by atoms with Gasteiger partial charge in [-0.2, -0.15) is 0 Å². The molecule has 0 saturated carbocycles. The van der Waals surface area contributed by atoms with Crippen LogP contribution in [0.5, 0.6) is 5.75 Å². The summed E-state index contributed by atoms with van der Waals surface area (Å²) in [5.74, 6) is 1.14. The molecule has 0 saturated heterocycles. The minimum Gasteiger partial charge on any atom is -0.497 e. The van der Waals surface area contributed by atoms with Crippen molar-refractivity contribution in [3.8, 4) is 5.75 Å². The molecular weight excluding hydrogens is 340 g/mol. The summed E-state index contributed by atoms with van der Waals surface area (Å²) in [4.78, 5) is 12.4. The molecule has 6 nitrogen and oxygen atoms in total. The molecule has 1 heterocycles. The number of nitrogens with one attached hydrogen (secondary N) is 2. The number of hydrogen-bond acceptors (Lipinski definition) is 5. The molecule has 2 aromatic carbocycles. The zero-order chi connectivity index (χ0) is 19.2. The van der Waals surface area contributed by atoms with Crippen LogP contribution in [-0.4, -0.2) is 23.2 Å². The fourth-order valence-corrected chi connectivity index (χ4v) is 2.54. The lowest BCUT2D eigenvalue weighted by Gasteiger charge is -2.09. The number of ether oxygens (including phenoxy) is 1. The summed E-state index contributed by atoms with van der Waals surface area (Å²) >= 11 is 0. The predicted octanol–water partition coefficient (Wildman–Crippen LogP) is 3.97. The topological polar surface area (TPSA) is 76.1 Å². The molecule has 0 aliphatic heterocycles. The summed E-state index contributed by atoms with van der Waals surface area (Å²) in [6.07, 6.45) is 0. The molecule has 3 aromatic rings. The fourth-order valence-electron chi connectivity index (χ4n) is 2.54. The third-order valence-corrected chi connectivity index (χ3v) is 4.17. The number of methoxy groups -OCH3 is 1. The third kappa shape index (κ3) is 4.82. The van der Waals surface area contributed by atoms with E-state index in [4.69, 9.17) is 4.74 Å². The second-order valence-electron chi connectivity index (χ2n) is 6.28. The second-order valence-corrected chi connectivity index (χ2v) is 6.28. The van der Waals surface area contributed by atoms with Gasteiger partial charge in [0.2, 0.25) is 0 Å². The second kappa shape index (κ2) is 8.31. The third-order valence-electron chi connectivity index (χ3n) is 4.17. The van der Waals surface area contributed by atoms with Crippen LogP contribution in [0.2, 0.25) is 0 Å². The van der Waals surface area contributed by atoms with Crippen molar-refractivity contribution < 1.29 is 9.53 Å². The molecule has 1 amide bonds. The van der Waals surface area contributed by atoms with Gasteiger partial charge in [-0.05, 0) is 60.9 Å². The molecule has 0 spiro atoms. The lowest BCUT2D eigenvalue weighted by Crippen LogP contribution is -2.15. The molecule has 0 bridgehead atoms. The van der Waals surface area contributed by atoms with E-state index in [0.717, 1.165) is 28.1 Å². The Kier molecular flexibility index (Phi) is 5.66. The minimum atomic E-state index is -0.280. The van der Waals surface area contributed by atoms with Crippen LogP contribution in [0, 0.1) is 13.8 Å². The highest BCUT2D eigenvalue weighted by atomic mass is 16.5. The molecule has 27 heavy (non-hydrogen) atoms. The van der Waals surface area contributed by atoms with E-state index in [1.54, 1.807) is 19.2 Å². The van der Waals surface area contributed by atoms with Gasteiger partial charge in [-0.1, -0.05) is 24.3 Å². The molecular formula is C21H22N4O2. The number of rotatable bonds is 6. The van der Waals surface area contributed by atoms with Crippen molar-refractivity contribution in [2.75, 3.05) is 17.7 Å². The average Bonchev–Trinajstić information content (AvgIpc) is 2.70. The number of hydrogen-bond donors (Lipinski definition) is 2. The van der Waals surface area contributed by atoms with Gasteiger partial charge in [0.05, 0.1) is 7.11 Å². The van der Waals surface area contributed by atoms with E-state index in [1.807, 2.05) is 56.3 Å². The zero-order valence-electron chi connectivity index (χ0n) is 15.6. The van der Waals surface area contributed by atoms with Crippen LogP contribution < -0.4 is 15.4 Å². The molecule has 1 aromatic heterocycles. The molecule has 6 heteroatoms. The molecule has 0 aliphatic carbocycles. The maximum absolute atomic E-state index is 12.4.